The molecule has 1 aromatic rings. The Bertz CT molecular complexity index is 442. The van der Waals surface area contributed by atoms with Gasteiger partial charge in [-0.25, -0.2) is 0 Å². The summed E-state index contributed by atoms with van der Waals surface area (Å²) >= 11 is 8.52. The zero-order valence-electron chi connectivity index (χ0n) is 10.7. The van der Waals surface area contributed by atoms with E-state index in [0.29, 0.717) is 6.04 Å². The Hall–Kier alpha value is -0.0600. The highest BCUT2D eigenvalue weighted by Crippen LogP contribution is 2.32. The first-order valence-electron chi connectivity index (χ1n) is 6.59. The van der Waals surface area contributed by atoms with Gasteiger partial charge in [0.1, 0.15) is 0 Å². The van der Waals surface area contributed by atoms with E-state index in [-0.39, 0.29) is 0 Å². The molecule has 1 atom stereocenters. The molecule has 1 unspecified atom stereocenters. The summed E-state index contributed by atoms with van der Waals surface area (Å²) in [6, 6.07) is 6.74. The molecule has 98 valence electrons. The Kier molecular flexibility index (Phi) is 5.52. The number of rotatable bonds is 4. The Morgan fingerprint density at radius 1 is 1.39 bits per heavy atom. The highest BCUT2D eigenvalue weighted by Gasteiger charge is 2.17. The molecule has 0 amide bonds. The number of hydrogen-bond donors (Lipinski definition) is 1. The molecule has 2 rings (SSSR count). The van der Waals surface area contributed by atoms with Crippen LogP contribution in [0.15, 0.2) is 29.8 Å². The van der Waals surface area contributed by atoms with Gasteiger partial charge in [-0.2, -0.15) is 0 Å². The van der Waals surface area contributed by atoms with Gasteiger partial charge in [0.15, 0.2) is 0 Å². The molecule has 1 aliphatic carbocycles. The Balaban J connectivity index is 2.28. The van der Waals surface area contributed by atoms with Gasteiger partial charge < -0.3 is 5.32 Å². The molecule has 1 N–H and O–H groups in total. The molecule has 1 nitrogen and oxygen atoms in total. The van der Waals surface area contributed by atoms with Crippen molar-refractivity contribution < 1.29 is 0 Å². The van der Waals surface area contributed by atoms with Gasteiger partial charge in [-0.05, 0) is 72.5 Å². The van der Waals surface area contributed by atoms with Crippen molar-refractivity contribution in [3.63, 3.8) is 0 Å². The summed E-state index contributed by atoms with van der Waals surface area (Å²) < 4.78 is 1.12. The summed E-state index contributed by atoms with van der Waals surface area (Å²) in [5.41, 5.74) is 2.82. The molecule has 0 aromatic heterocycles. The van der Waals surface area contributed by atoms with Crippen molar-refractivity contribution in [2.24, 2.45) is 0 Å². The maximum atomic E-state index is 6.24. The fourth-order valence-corrected chi connectivity index (χ4v) is 3.01. The third kappa shape index (κ3) is 3.49. The van der Waals surface area contributed by atoms with Crippen molar-refractivity contribution in [3.05, 3.63) is 44.0 Å². The molecule has 0 heterocycles. The van der Waals surface area contributed by atoms with Gasteiger partial charge in [-0.1, -0.05) is 36.2 Å². The minimum Gasteiger partial charge on any atom is -0.307 e. The first-order valence-corrected chi connectivity index (χ1v) is 8.05. The second-order valence-corrected chi connectivity index (χ2v) is 6.26. The molecule has 0 fully saturated rings. The van der Waals surface area contributed by atoms with Crippen molar-refractivity contribution in [1.29, 1.82) is 0 Å². The van der Waals surface area contributed by atoms with Crippen LogP contribution in [0, 0.1) is 3.57 Å². The van der Waals surface area contributed by atoms with Crippen LogP contribution >= 0.6 is 34.2 Å². The van der Waals surface area contributed by atoms with E-state index >= 15 is 0 Å². The topological polar surface area (TPSA) is 12.0 Å². The van der Waals surface area contributed by atoms with E-state index in [1.54, 1.807) is 0 Å². The highest BCUT2D eigenvalue weighted by atomic mass is 127. The van der Waals surface area contributed by atoms with Gasteiger partial charge in [0.2, 0.25) is 0 Å². The van der Waals surface area contributed by atoms with Crippen LogP contribution in [-0.4, -0.2) is 6.54 Å². The molecule has 1 aromatic carbocycles. The average Bonchev–Trinajstić information content (AvgIpc) is 2.40. The summed E-state index contributed by atoms with van der Waals surface area (Å²) in [4.78, 5) is 0. The van der Waals surface area contributed by atoms with E-state index in [2.05, 4.69) is 59.1 Å². The largest absolute Gasteiger partial charge is 0.307 e. The molecule has 0 saturated carbocycles. The summed E-state index contributed by atoms with van der Waals surface area (Å²) in [5.74, 6) is 0. The highest BCUT2D eigenvalue weighted by molar-refractivity contribution is 14.1. The fraction of sp³-hybridized carbons (Fsp3) is 0.467. The molecular formula is C15H19ClIN. The number of nitrogens with one attached hydrogen (secondary N) is 1. The Morgan fingerprint density at radius 2 is 2.22 bits per heavy atom. The van der Waals surface area contributed by atoms with Crippen molar-refractivity contribution in [2.75, 3.05) is 6.54 Å². The summed E-state index contributed by atoms with van der Waals surface area (Å²) in [5, 5.41) is 4.44. The van der Waals surface area contributed by atoms with Crippen LogP contribution in [0.25, 0.3) is 0 Å². The SMILES string of the molecule is CCNC(C1=CCCCC1)c1ccc(I)c(Cl)c1. The lowest BCUT2D eigenvalue weighted by Gasteiger charge is -2.25. The standard InChI is InChI=1S/C15H19ClIN/c1-2-18-15(11-6-4-3-5-7-11)12-8-9-14(17)13(16)10-12/h6,8-10,15,18H,2-5,7H2,1H3. The number of halogens is 2. The van der Waals surface area contributed by atoms with Gasteiger partial charge in [-0.3, -0.25) is 0 Å². The molecule has 0 bridgehead atoms. The van der Waals surface area contributed by atoms with Gasteiger partial charge >= 0.3 is 0 Å². The van der Waals surface area contributed by atoms with Crippen LogP contribution < -0.4 is 5.32 Å². The maximum Gasteiger partial charge on any atom is 0.0542 e. The lowest BCUT2D eigenvalue weighted by Crippen LogP contribution is -2.23. The smallest absolute Gasteiger partial charge is 0.0542 e. The quantitative estimate of drug-likeness (QED) is 0.570. The van der Waals surface area contributed by atoms with Gasteiger partial charge in [0, 0.05) is 3.57 Å². The molecule has 0 aliphatic heterocycles. The number of allylic oxidation sites excluding steroid dienone is 1. The van der Waals surface area contributed by atoms with E-state index in [4.69, 9.17) is 11.6 Å². The summed E-state index contributed by atoms with van der Waals surface area (Å²) in [7, 11) is 0. The summed E-state index contributed by atoms with van der Waals surface area (Å²) in [6.45, 7) is 3.14. The second-order valence-electron chi connectivity index (χ2n) is 4.69. The minimum atomic E-state index is 0.338. The van der Waals surface area contributed by atoms with Crippen molar-refractivity contribution >= 4 is 34.2 Å². The third-order valence-corrected chi connectivity index (χ3v) is 4.95. The van der Waals surface area contributed by atoms with Gasteiger partial charge in [0.05, 0.1) is 11.1 Å². The number of benzene rings is 1. The van der Waals surface area contributed by atoms with E-state index < -0.39 is 0 Å². The average molecular weight is 376 g/mol. The second kappa shape index (κ2) is 6.92. The Labute approximate surface area is 128 Å². The van der Waals surface area contributed by atoms with Crippen molar-refractivity contribution in [1.82, 2.24) is 5.32 Å². The minimum absolute atomic E-state index is 0.338. The zero-order chi connectivity index (χ0) is 13.0. The van der Waals surface area contributed by atoms with Crippen LogP contribution in [0.5, 0.6) is 0 Å². The van der Waals surface area contributed by atoms with Gasteiger partial charge in [-0.15, -0.1) is 0 Å². The molecule has 1 aliphatic rings. The molecule has 18 heavy (non-hydrogen) atoms. The van der Waals surface area contributed by atoms with Crippen molar-refractivity contribution in [3.8, 4) is 0 Å². The van der Waals surface area contributed by atoms with Crippen LogP contribution in [-0.2, 0) is 0 Å². The lowest BCUT2D eigenvalue weighted by atomic mass is 9.90. The normalized spacial score (nSPS) is 17.4. The Morgan fingerprint density at radius 3 is 2.83 bits per heavy atom. The van der Waals surface area contributed by atoms with Gasteiger partial charge in [0.25, 0.3) is 0 Å². The number of hydrogen-bond acceptors (Lipinski definition) is 1. The van der Waals surface area contributed by atoms with Crippen LogP contribution in [0.2, 0.25) is 5.02 Å². The zero-order valence-corrected chi connectivity index (χ0v) is 13.6. The van der Waals surface area contributed by atoms with E-state index in [1.807, 2.05) is 0 Å². The molecular weight excluding hydrogens is 357 g/mol. The lowest BCUT2D eigenvalue weighted by molar-refractivity contribution is 0.564. The predicted molar refractivity (Wildman–Crippen MR) is 87.1 cm³/mol. The molecule has 3 heteroatoms. The monoisotopic (exact) mass is 375 g/mol. The third-order valence-electron chi connectivity index (χ3n) is 3.38. The van der Waals surface area contributed by atoms with Crippen LogP contribution in [0.3, 0.4) is 0 Å². The van der Waals surface area contributed by atoms with E-state index in [1.165, 1.54) is 36.8 Å². The van der Waals surface area contributed by atoms with Crippen molar-refractivity contribution in [2.45, 2.75) is 38.6 Å². The fourth-order valence-electron chi connectivity index (χ4n) is 2.48. The molecule has 0 radical (unpaired) electrons. The molecule has 0 saturated heterocycles. The van der Waals surface area contributed by atoms with E-state index in [0.717, 1.165) is 15.1 Å². The summed E-state index contributed by atoms with van der Waals surface area (Å²) in [6.07, 6.45) is 7.47. The first-order chi connectivity index (χ1) is 8.72. The first kappa shape index (κ1) is 14.4. The maximum absolute atomic E-state index is 6.24. The predicted octanol–water partition coefficient (Wildman–Crippen LogP) is 5.10. The molecule has 0 spiro atoms. The van der Waals surface area contributed by atoms with Crippen LogP contribution in [0.4, 0.5) is 0 Å². The van der Waals surface area contributed by atoms with Crippen LogP contribution in [0.1, 0.15) is 44.2 Å². The number of likely N-dealkylation sites (N-methyl/N-ethyl adjacent to an activating group) is 1. The van der Waals surface area contributed by atoms with E-state index in [9.17, 15) is 0 Å².